The molecule has 0 aromatic carbocycles. The lowest BCUT2D eigenvalue weighted by Crippen LogP contribution is -2.48. The van der Waals surface area contributed by atoms with Crippen LogP contribution >= 0.6 is 0 Å². The standard InChI is InChI=1S/C16H31NO2/c1-3-13(4-2)15(18)12-17-14-7-10-19-16(11-14)8-5-6-9-16/h13-15,17-18H,3-12H2,1-2H3. The molecule has 1 aliphatic carbocycles. The van der Waals surface area contributed by atoms with Gasteiger partial charge >= 0.3 is 0 Å². The zero-order valence-corrected chi connectivity index (χ0v) is 12.7. The first-order valence-electron chi connectivity index (χ1n) is 8.24. The highest BCUT2D eigenvalue weighted by molar-refractivity contribution is 4.93. The van der Waals surface area contributed by atoms with E-state index in [1.807, 2.05) is 0 Å². The van der Waals surface area contributed by atoms with Crippen LogP contribution in [-0.2, 0) is 4.74 Å². The van der Waals surface area contributed by atoms with Crippen LogP contribution in [-0.4, -0.2) is 36.0 Å². The van der Waals surface area contributed by atoms with Crippen LogP contribution in [0.3, 0.4) is 0 Å². The molecule has 1 saturated carbocycles. The van der Waals surface area contributed by atoms with E-state index in [1.165, 1.54) is 25.7 Å². The first-order chi connectivity index (χ1) is 9.19. The monoisotopic (exact) mass is 269 g/mol. The zero-order chi connectivity index (χ0) is 13.7. The number of hydrogen-bond donors (Lipinski definition) is 2. The van der Waals surface area contributed by atoms with E-state index in [2.05, 4.69) is 19.2 Å². The number of aliphatic hydroxyl groups excluding tert-OH is 1. The molecule has 3 heteroatoms. The van der Waals surface area contributed by atoms with E-state index >= 15 is 0 Å². The molecule has 2 atom stereocenters. The van der Waals surface area contributed by atoms with Crippen LogP contribution in [0.25, 0.3) is 0 Å². The van der Waals surface area contributed by atoms with Crippen LogP contribution in [0.1, 0.15) is 65.2 Å². The van der Waals surface area contributed by atoms with Crippen molar-refractivity contribution in [1.29, 1.82) is 0 Å². The van der Waals surface area contributed by atoms with Crippen molar-refractivity contribution in [1.82, 2.24) is 5.32 Å². The van der Waals surface area contributed by atoms with E-state index in [9.17, 15) is 5.11 Å². The fourth-order valence-corrected chi connectivity index (χ4v) is 3.86. The molecule has 1 spiro atoms. The maximum absolute atomic E-state index is 10.2. The van der Waals surface area contributed by atoms with Gasteiger partial charge in [-0.25, -0.2) is 0 Å². The molecule has 2 aliphatic rings. The van der Waals surface area contributed by atoms with Crippen LogP contribution in [0.15, 0.2) is 0 Å². The summed E-state index contributed by atoms with van der Waals surface area (Å²) in [6, 6.07) is 0.538. The highest BCUT2D eigenvalue weighted by Crippen LogP contribution is 2.39. The molecule has 1 saturated heterocycles. The Morgan fingerprint density at radius 2 is 1.95 bits per heavy atom. The van der Waals surface area contributed by atoms with Crippen molar-refractivity contribution in [3.05, 3.63) is 0 Å². The molecule has 0 radical (unpaired) electrons. The Bertz CT molecular complexity index is 259. The second kappa shape index (κ2) is 7.05. The predicted molar refractivity (Wildman–Crippen MR) is 78.3 cm³/mol. The lowest BCUT2D eigenvalue weighted by atomic mass is 9.88. The van der Waals surface area contributed by atoms with Crippen molar-refractivity contribution < 1.29 is 9.84 Å². The summed E-state index contributed by atoms with van der Waals surface area (Å²) in [5.74, 6) is 0.438. The molecule has 2 N–H and O–H groups in total. The third kappa shape index (κ3) is 3.93. The largest absolute Gasteiger partial charge is 0.392 e. The van der Waals surface area contributed by atoms with Crippen LogP contribution < -0.4 is 5.32 Å². The molecular weight excluding hydrogens is 238 g/mol. The first kappa shape index (κ1) is 15.3. The predicted octanol–water partition coefficient (Wildman–Crippen LogP) is 2.86. The molecule has 0 aromatic heterocycles. The van der Waals surface area contributed by atoms with Crippen molar-refractivity contribution in [2.75, 3.05) is 13.2 Å². The van der Waals surface area contributed by atoms with Crippen molar-refractivity contribution in [2.24, 2.45) is 5.92 Å². The number of hydrogen-bond acceptors (Lipinski definition) is 3. The normalized spacial score (nSPS) is 28.1. The third-order valence-electron chi connectivity index (χ3n) is 5.22. The third-order valence-corrected chi connectivity index (χ3v) is 5.22. The summed E-state index contributed by atoms with van der Waals surface area (Å²) in [5, 5.41) is 13.8. The van der Waals surface area contributed by atoms with E-state index in [4.69, 9.17) is 4.74 Å². The van der Waals surface area contributed by atoms with Gasteiger partial charge in [-0.2, -0.15) is 0 Å². The molecule has 1 heterocycles. The lowest BCUT2D eigenvalue weighted by Gasteiger charge is -2.39. The maximum Gasteiger partial charge on any atom is 0.0697 e. The van der Waals surface area contributed by atoms with Gasteiger partial charge in [0.1, 0.15) is 0 Å². The van der Waals surface area contributed by atoms with Gasteiger partial charge in [-0.05, 0) is 31.6 Å². The van der Waals surface area contributed by atoms with E-state index in [0.29, 0.717) is 12.0 Å². The van der Waals surface area contributed by atoms with Crippen LogP contribution in [0.4, 0.5) is 0 Å². The van der Waals surface area contributed by atoms with Gasteiger partial charge in [0.15, 0.2) is 0 Å². The van der Waals surface area contributed by atoms with Gasteiger partial charge in [0, 0.05) is 19.2 Å². The Morgan fingerprint density at radius 3 is 2.58 bits per heavy atom. The molecule has 1 aliphatic heterocycles. The topological polar surface area (TPSA) is 41.5 Å². The van der Waals surface area contributed by atoms with Crippen molar-refractivity contribution >= 4 is 0 Å². The Labute approximate surface area is 118 Å². The van der Waals surface area contributed by atoms with E-state index < -0.39 is 0 Å². The molecule has 19 heavy (non-hydrogen) atoms. The lowest BCUT2D eigenvalue weighted by molar-refractivity contribution is -0.0848. The molecule has 2 rings (SSSR count). The van der Waals surface area contributed by atoms with Gasteiger partial charge in [0.2, 0.25) is 0 Å². The summed E-state index contributed by atoms with van der Waals surface area (Å²) < 4.78 is 6.05. The summed E-state index contributed by atoms with van der Waals surface area (Å²) in [5.41, 5.74) is 0.176. The number of nitrogens with one attached hydrogen (secondary N) is 1. The number of ether oxygens (including phenoxy) is 1. The number of aliphatic hydroxyl groups is 1. The molecule has 0 aromatic rings. The van der Waals surface area contributed by atoms with Crippen molar-refractivity contribution in [2.45, 2.75) is 83.0 Å². The fourth-order valence-electron chi connectivity index (χ4n) is 3.86. The van der Waals surface area contributed by atoms with E-state index in [-0.39, 0.29) is 11.7 Å². The minimum absolute atomic E-state index is 0.176. The van der Waals surface area contributed by atoms with E-state index in [1.54, 1.807) is 0 Å². The Kier molecular flexibility index (Phi) is 5.67. The molecule has 0 bridgehead atoms. The van der Waals surface area contributed by atoms with Gasteiger partial charge in [0.25, 0.3) is 0 Å². The van der Waals surface area contributed by atoms with E-state index in [0.717, 1.165) is 38.8 Å². The second-order valence-corrected chi connectivity index (χ2v) is 6.48. The average Bonchev–Trinajstić information content (AvgIpc) is 2.86. The number of rotatable bonds is 6. The van der Waals surface area contributed by atoms with Gasteiger partial charge in [-0.3, -0.25) is 0 Å². The highest BCUT2D eigenvalue weighted by atomic mass is 16.5. The Hall–Kier alpha value is -0.120. The molecule has 3 nitrogen and oxygen atoms in total. The molecule has 0 amide bonds. The van der Waals surface area contributed by atoms with Crippen molar-refractivity contribution in [3.63, 3.8) is 0 Å². The summed E-state index contributed by atoms with van der Waals surface area (Å²) >= 11 is 0. The van der Waals surface area contributed by atoms with Gasteiger partial charge < -0.3 is 15.2 Å². The molecule has 112 valence electrons. The maximum atomic E-state index is 10.2. The zero-order valence-electron chi connectivity index (χ0n) is 12.7. The first-order valence-corrected chi connectivity index (χ1v) is 8.24. The summed E-state index contributed by atoms with van der Waals surface area (Å²) in [6.45, 7) is 5.96. The van der Waals surface area contributed by atoms with Gasteiger partial charge in [-0.1, -0.05) is 39.5 Å². The SMILES string of the molecule is CCC(CC)C(O)CNC1CCOC2(CCCC2)C1. The fraction of sp³-hybridized carbons (Fsp3) is 1.00. The quantitative estimate of drug-likeness (QED) is 0.779. The summed E-state index contributed by atoms with van der Waals surface area (Å²) in [4.78, 5) is 0. The molecular formula is C16H31NO2. The second-order valence-electron chi connectivity index (χ2n) is 6.48. The van der Waals surface area contributed by atoms with Gasteiger partial charge in [0.05, 0.1) is 11.7 Å². The smallest absolute Gasteiger partial charge is 0.0697 e. The molecule has 2 unspecified atom stereocenters. The Morgan fingerprint density at radius 1 is 1.26 bits per heavy atom. The van der Waals surface area contributed by atoms with Crippen molar-refractivity contribution in [3.8, 4) is 0 Å². The van der Waals surface area contributed by atoms with Gasteiger partial charge in [-0.15, -0.1) is 0 Å². The Balaban J connectivity index is 1.76. The summed E-state index contributed by atoms with van der Waals surface area (Å²) in [6.07, 6.45) is 9.29. The minimum atomic E-state index is -0.197. The van der Waals surface area contributed by atoms with Crippen LogP contribution in [0, 0.1) is 5.92 Å². The summed E-state index contributed by atoms with van der Waals surface area (Å²) in [7, 11) is 0. The highest BCUT2D eigenvalue weighted by Gasteiger charge is 2.39. The van der Waals surface area contributed by atoms with Crippen LogP contribution in [0.2, 0.25) is 0 Å². The molecule has 2 fully saturated rings. The van der Waals surface area contributed by atoms with Crippen LogP contribution in [0.5, 0.6) is 0 Å². The average molecular weight is 269 g/mol. The minimum Gasteiger partial charge on any atom is -0.392 e.